The van der Waals surface area contributed by atoms with Gasteiger partial charge in [-0.25, -0.2) is 0 Å². The van der Waals surface area contributed by atoms with Crippen LogP contribution in [0.25, 0.3) is 0 Å². The highest BCUT2D eigenvalue weighted by atomic mass is 16.5. The maximum absolute atomic E-state index is 5.29. The Kier molecular flexibility index (Phi) is 5.64. The highest BCUT2D eigenvalue weighted by molar-refractivity contribution is 4.82. The van der Waals surface area contributed by atoms with Crippen LogP contribution in [0.4, 0.5) is 0 Å². The van der Waals surface area contributed by atoms with Crippen LogP contribution in [0.3, 0.4) is 0 Å². The molecule has 0 saturated carbocycles. The zero-order valence-electron chi connectivity index (χ0n) is 8.22. The Bertz CT molecular complexity index is 156. The summed E-state index contributed by atoms with van der Waals surface area (Å²) >= 11 is 0. The van der Waals surface area contributed by atoms with Gasteiger partial charge in [0.15, 0.2) is 0 Å². The fourth-order valence-electron chi connectivity index (χ4n) is 1.53. The minimum Gasteiger partial charge on any atom is -0.381 e. The quantitative estimate of drug-likeness (QED) is 0.494. The minimum absolute atomic E-state index is 0.743. The molecule has 1 aliphatic heterocycles. The molecule has 74 valence electrons. The van der Waals surface area contributed by atoms with E-state index in [0.717, 1.165) is 45.1 Å². The molecule has 1 rings (SSSR count). The van der Waals surface area contributed by atoms with Crippen molar-refractivity contribution < 1.29 is 4.74 Å². The first-order valence-electron chi connectivity index (χ1n) is 5.15. The third-order valence-electron chi connectivity index (χ3n) is 2.38. The molecule has 0 aromatic carbocycles. The average Bonchev–Trinajstić information content (AvgIpc) is 2.63. The highest BCUT2D eigenvalue weighted by Gasteiger charge is 2.14. The van der Waals surface area contributed by atoms with Crippen molar-refractivity contribution in [2.75, 3.05) is 26.3 Å². The van der Waals surface area contributed by atoms with Crippen molar-refractivity contribution in [2.24, 2.45) is 5.92 Å². The third kappa shape index (κ3) is 4.92. The number of rotatable bonds is 6. The second kappa shape index (κ2) is 6.94. The molecule has 1 saturated heterocycles. The lowest BCUT2D eigenvalue weighted by molar-refractivity contribution is 0.185. The molecule has 1 N–H and O–H groups in total. The topological polar surface area (TPSA) is 21.3 Å². The molecule has 2 nitrogen and oxygen atoms in total. The summed E-state index contributed by atoms with van der Waals surface area (Å²) in [5.41, 5.74) is 0. The Morgan fingerprint density at radius 1 is 1.46 bits per heavy atom. The Hall–Kier alpha value is -0.520. The van der Waals surface area contributed by atoms with Crippen LogP contribution in [0.2, 0.25) is 0 Å². The van der Waals surface area contributed by atoms with Crippen molar-refractivity contribution in [3.63, 3.8) is 0 Å². The molecule has 0 aromatic heterocycles. The average molecular weight is 181 g/mol. The monoisotopic (exact) mass is 181 g/mol. The van der Waals surface area contributed by atoms with Crippen LogP contribution >= 0.6 is 0 Å². The molecule has 13 heavy (non-hydrogen) atoms. The first-order valence-corrected chi connectivity index (χ1v) is 5.15. The SMILES string of the molecule is C#CCCCCNCC1CCOC1. The predicted molar refractivity (Wildman–Crippen MR) is 54.5 cm³/mol. The molecule has 1 aliphatic rings. The maximum Gasteiger partial charge on any atom is 0.0507 e. The summed E-state index contributed by atoms with van der Waals surface area (Å²) in [5.74, 6) is 3.40. The van der Waals surface area contributed by atoms with Gasteiger partial charge in [0.1, 0.15) is 0 Å². The second-order valence-corrected chi connectivity index (χ2v) is 3.59. The summed E-state index contributed by atoms with van der Waals surface area (Å²) in [5, 5.41) is 3.44. The first-order chi connectivity index (χ1) is 6.43. The van der Waals surface area contributed by atoms with E-state index in [1.54, 1.807) is 0 Å². The van der Waals surface area contributed by atoms with Crippen LogP contribution in [0.1, 0.15) is 25.7 Å². The Morgan fingerprint density at radius 3 is 3.08 bits per heavy atom. The van der Waals surface area contributed by atoms with E-state index in [1.165, 1.54) is 12.8 Å². The summed E-state index contributed by atoms with van der Waals surface area (Å²) < 4.78 is 5.29. The molecule has 0 spiro atoms. The summed E-state index contributed by atoms with van der Waals surface area (Å²) in [7, 11) is 0. The molecular formula is C11H19NO. The van der Waals surface area contributed by atoms with Gasteiger partial charge in [0.25, 0.3) is 0 Å². The van der Waals surface area contributed by atoms with Gasteiger partial charge in [0, 0.05) is 19.6 Å². The molecule has 1 atom stereocenters. The predicted octanol–water partition coefficient (Wildman–Crippen LogP) is 1.42. The van der Waals surface area contributed by atoms with Gasteiger partial charge < -0.3 is 10.1 Å². The van der Waals surface area contributed by atoms with Gasteiger partial charge >= 0.3 is 0 Å². The van der Waals surface area contributed by atoms with Crippen LogP contribution in [0.15, 0.2) is 0 Å². The van der Waals surface area contributed by atoms with Crippen molar-refractivity contribution in [3.8, 4) is 12.3 Å². The van der Waals surface area contributed by atoms with Crippen LogP contribution in [0.5, 0.6) is 0 Å². The van der Waals surface area contributed by atoms with Gasteiger partial charge in [-0.05, 0) is 31.7 Å². The van der Waals surface area contributed by atoms with Gasteiger partial charge in [-0.2, -0.15) is 0 Å². The number of hydrogen-bond acceptors (Lipinski definition) is 2. The molecule has 1 fully saturated rings. The lowest BCUT2D eigenvalue weighted by Gasteiger charge is -2.08. The van der Waals surface area contributed by atoms with E-state index in [4.69, 9.17) is 11.2 Å². The van der Waals surface area contributed by atoms with E-state index in [1.807, 2.05) is 0 Å². The standard InChI is InChI=1S/C11H19NO/c1-2-3-4-5-7-12-9-11-6-8-13-10-11/h1,11-12H,3-10H2. The zero-order valence-corrected chi connectivity index (χ0v) is 8.22. The summed E-state index contributed by atoms with van der Waals surface area (Å²) in [6, 6.07) is 0. The number of terminal acetylenes is 1. The minimum atomic E-state index is 0.743. The van der Waals surface area contributed by atoms with Crippen LogP contribution in [-0.4, -0.2) is 26.3 Å². The van der Waals surface area contributed by atoms with Gasteiger partial charge in [0.05, 0.1) is 6.61 Å². The van der Waals surface area contributed by atoms with Crippen molar-refractivity contribution in [2.45, 2.75) is 25.7 Å². The largest absolute Gasteiger partial charge is 0.381 e. The number of unbranched alkanes of at least 4 members (excludes halogenated alkanes) is 2. The number of hydrogen-bond donors (Lipinski definition) is 1. The molecule has 2 heteroatoms. The first kappa shape index (κ1) is 10.6. The maximum atomic E-state index is 5.29. The number of nitrogens with one attached hydrogen (secondary N) is 1. The van der Waals surface area contributed by atoms with Gasteiger partial charge in [0.2, 0.25) is 0 Å². The third-order valence-corrected chi connectivity index (χ3v) is 2.38. The molecule has 0 amide bonds. The molecular weight excluding hydrogens is 162 g/mol. The molecule has 0 bridgehead atoms. The van der Waals surface area contributed by atoms with E-state index in [0.29, 0.717) is 0 Å². The number of ether oxygens (including phenoxy) is 1. The summed E-state index contributed by atoms with van der Waals surface area (Å²) in [6.07, 6.45) is 9.62. The van der Waals surface area contributed by atoms with Gasteiger partial charge in [-0.3, -0.25) is 0 Å². The zero-order chi connectivity index (χ0) is 9.36. The van der Waals surface area contributed by atoms with Crippen molar-refractivity contribution in [1.29, 1.82) is 0 Å². The Morgan fingerprint density at radius 2 is 2.38 bits per heavy atom. The fourth-order valence-corrected chi connectivity index (χ4v) is 1.53. The van der Waals surface area contributed by atoms with Gasteiger partial charge in [-0.15, -0.1) is 12.3 Å². The molecule has 1 heterocycles. The summed E-state index contributed by atoms with van der Waals surface area (Å²) in [6.45, 7) is 4.09. The lowest BCUT2D eigenvalue weighted by atomic mass is 10.1. The lowest BCUT2D eigenvalue weighted by Crippen LogP contribution is -2.23. The van der Waals surface area contributed by atoms with Gasteiger partial charge in [-0.1, -0.05) is 0 Å². The van der Waals surface area contributed by atoms with E-state index >= 15 is 0 Å². The molecule has 0 aliphatic carbocycles. The van der Waals surface area contributed by atoms with E-state index in [9.17, 15) is 0 Å². The van der Waals surface area contributed by atoms with E-state index in [-0.39, 0.29) is 0 Å². The molecule has 1 unspecified atom stereocenters. The fraction of sp³-hybridized carbons (Fsp3) is 0.818. The van der Waals surface area contributed by atoms with Crippen LogP contribution in [0, 0.1) is 18.3 Å². The van der Waals surface area contributed by atoms with Crippen LogP contribution < -0.4 is 5.32 Å². The van der Waals surface area contributed by atoms with Crippen molar-refractivity contribution in [3.05, 3.63) is 0 Å². The van der Waals surface area contributed by atoms with E-state index < -0.39 is 0 Å². The second-order valence-electron chi connectivity index (χ2n) is 3.59. The Labute approximate surface area is 81.0 Å². The molecule has 0 aromatic rings. The highest BCUT2D eigenvalue weighted by Crippen LogP contribution is 2.10. The Balaban J connectivity index is 1.81. The summed E-state index contributed by atoms with van der Waals surface area (Å²) in [4.78, 5) is 0. The van der Waals surface area contributed by atoms with E-state index in [2.05, 4.69) is 11.2 Å². The molecule has 0 radical (unpaired) electrons. The van der Waals surface area contributed by atoms with Crippen molar-refractivity contribution >= 4 is 0 Å². The normalized spacial score (nSPS) is 21.6. The smallest absolute Gasteiger partial charge is 0.0507 e. The van der Waals surface area contributed by atoms with Crippen LogP contribution in [-0.2, 0) is 4.74 Å². The van der Waals surface area contributed by atoms with Crippen molar-refractivity contribution in [1.82, 2.24) is 5.32 Å².